The van der Waals surface area contributed by atoms with Crippen LogP contribution >= 0.6 is 24.0 Å². The Balaban J connectivity index is 0. The number of hydrogen-bond donors (Lipinski definition) is 2. The SMILES string of the molecule is CN=C(NCCS(C)(=O)=O)NC(C)CCC(C)(C)C.I. The van der Waals surface area contributed by atoms with Gasteiger partial charge in [-0.25, -0.2) is 8.42 Å². The molecular formula is C13H30IN3O2S. The van der Waals surface area contributed by atoms with Crippen LogP contribution in [0.4, 0.5) is 0 Å². The zero-order valence-electron chi connectivity index (χ0n) is 13.5. The number of nitrogens with one attached hydrogen (secondary N) is 2. The summed E-state index contributed by atoms with van der Waals surface area (Å²) < 4.78 is 22.1. The highest BCUT2D eigenvalue weighted by atomic mass is 127. The van der Waals surface area contributed by atoms with E-state index in [9.17, 15) is 8.42 Å². The Hall–Kier alpha value is -0.0500. The van der Waals surface area contributed by atoms with Crippen LogP contribution in [-0.4, -0.2) is 46.0 Å². The van der Waals surface area contributed by atoms with Gasteiger partial charge in [0.15, 0.2) is 5.96 Å². The lowest BCUT2D eigenvalue weighted by atomic mass is 9.89. The molecular weight excluding hydrogens is 389 g/mol. The molecule has 1 atom stereocenters. The number of hydrogen-bond acceptors (Lipinski definition) is 3. The van der Waals surface area contributed by atoms with E-state index in [1.54, 1.807) is 7.05 Å². The van der Waals surface area contributed by atoms with E-state index in [1.807, 2.05) is 0 Å². The molecule has 20 heavy (non-hydrogen) atoms. The van der Waals surface area contributed by atoms with Crippen molar-refractivity contribution in [3.63, 3.8) is 0 Å². The average molecular weight is 419 g/mol. The van der Waals surface area contributed by atoms with Crippen molar-refractivity contribution < 1.29 is 8.42 Å². The Kier molecular flexibility index (Phi) is 10.9. The van der Waals surface area contributed by atoms with Crippen molar-refractivity contribution in [3.8, 4) is 0 Å². The molecule has 0 aliphatic heterocycles. The van der Waals surface area contributed by atoms with Crippen LogP contribution in [0, 0.1) is 5.41 Å². The van der Waals surface area contributed by atoms with E-state index in [-0.39, 0.29) is 29.7 Å². The van der Waals surface area contributed by atoms with Crippen LogP contribution in [0.25, 0.3) is 0 Å². The van der Waals surface area contributed by atoms with E-state index < -0.39 is 9.84 Å². The van der Waals surface area contributed by atoms with Gasteiger partial charge < -0.3 is 10.6 Å². The van der Waals surface area contributed by atoms with Crippen molar-refractivity contribution in [1.29, 1.82) is 0 Å². The molecule has 0 saturated heterocycles. The fourth-order valence-corrected chi connectivity index (χ4v) is 1.98. The maximum atomic E-state index is 11.0. The number of sulfone groups is 1. The molecule has 0 aromatic rings. The molecule has 0 spiro atoms. The van der Waals surface area contributed by atoms with E-state index >= 15 is 0 Å². The minimum Gasteiger partial charge on any atom is -0.355 e. The van der Waals surface area contributed by atoms with E-state index in [2.05, 4.69) is 43.3 Å². The van der Waals surface area contributed by atoms with Gasteiger partial charge in [-0.15, -0.1) is 24.0 Å². The second-order valence-corrected chi connectivity index (χ2v) is 8.53. The van der Waals surface area contributed by atoms with Crippen LogP contribution in [-0.2, 0) is 9.84 Å². The summed E-state index contributed by atoms with van der Waals surface area (Å²) in [5.41, 5.74) is 0.323. The van der Waals surface area contributed by atoms with Crippen molar-refractivity contribution in [3.05, 3.63) is 0 Å². The number of aliphatic imine (C=N–C) groups is 1. The molecule has 0 aromatic carbocycles. The molecule has 0 saturated carbocycles. The third kappa shape index (κ3) is 14.4. The summed E-state index contributed by atoms with van der Waals surface area (Å²) in [4.78, 5) is 4.09. The monoisotopic (exact) mass is 419 g/mol. The van der Waals surface area contributed by atoms with Gasteiger partial charge in [-0.1, -0.05) is 20.8 Å². The van der Waals surface area contributed by atoms with Crippen molar-refractivity contribution in [1.82, 2.24) is 10.6 Å². The molecule has 0 fully saturated rings. The molecule has 1 unspecified atom stereocenters. The summed E-state index contributed by atoms with van der Waals surface area (Å²) >= 11 is 0. The molecule has 5 nitrogen and oxygen atoms in total. The average Bonchev–Trinajstić information content (AvgIpc) is 2.22. The minimum atomic E-state index is -2.93. The van der Waals surface area contributed by atoms with Gasteiger partial charge in [0.05, 0.1) is 5.75 Å². The van der Waals surface area contributed by atoms with Crippen LogP contribution in [0.2, 0.25) is 0 Å². The maximum absolute atomic E-state index is 11.0. The highest BCUT2D eigenvalue weighted by Gasteiger charge is 2.13. The predicted molar refractivity (Wildman–Crippen MR) is 97.8 cm³/mol. The zero-order chi connectivity index (χ0) is 15.1. The van der Waals surface area contributed by atoms with Gasteiger partial charge in [0.25, 0.3) is 0 Å². The lowest BCUT2D eigenvalue weighted by molar-refractivity contribution is 0.346. The molecule has 0 bridgehead atoms. The van der Waals surface area contributed by atoms with Crippen molar-refractivity contribution in [2.24, 2.45) is 10.4 Å². The van der Waals surface area contributed by atoms with E-state index in [0.29, 0.717) is 24.0 Å². The predicted octanol–water partition coefficient (Wildman–Crippen LogP) is 2.03. The quantitative estimate of drug-likeness (QED) is 0.393. The van der Waals surface area contributed by atoms with E-state index in [4.69, 9.17) is 0 Å². The van der Waals surface area contributed by atoms with E-state index in [1.165, 1.54) is 6.26 Å². The minimum absolute atomic E-state index is 0. The lowest BCUT2D eigenvalue weighted by Crippen LogP contribution is -2.43. The number of halogens is 1. The first-order valence-corrected chi connectivity index (χ1v) is 8.74. The van der Waals surface area contributed by atoms with Crippen LogP contribution in [0.15, 0.2) is 4.99 Å². The Morgan fingerprint density at radius 3 is 2.25 bits per heavy atom. The summed E-state index contributed by atoms with van der Waals surface area (Å²) in [5, 5.41) is 6.28. The third-order valence-electron chi connectivity index (χ3n) is 2.70. The summed E-state index contributed by atoms with van der Waals surface area (Å²) in [7, 11) is -1.24. The zero-order valence-corrected chi connectivity index (χ0v) is 16.6. The van der Waals surface area contributed by atoms with Gasteiger partial charge >= 0.3 is 0 Å². The van der Waals surface area contributed by atoms with Crippen LogP contribution in [0.5, 0.6) is 0 Å². The molecule has 0 aliphatic carbocycles. The highest BCUT2D eigenvalue weighted by Crippen LogP contribution is 2.21. The Bertz CT molecular complexity index is 389. The van der Waals surface area contributed by atoms with E-state index in [0.717, 1.165) is 12.8 Å². The first kappa shape index (κ1) is 22.2. The summed E-state index contributed by atoms with van der Waals surface area (Å²) in [6, 6.07) is 0.309. The van der Waals surface area contributed by atoms with Gasteiger partial charge in [-0.05, 0) is 25.2 Å². The third-order valence-corrected chi connectivity index (χ3v) is 3.65. The Morgan fingerprint density at radius 1 is 1.30 bits per heavy atom. The van der Waals surface area contributed by atoms with Crippen molar-refractivity contribution in [2.75, 3.05) is 25.6 Å². The molecule has 0 heterocycles. The molecule has 2 N–H and O–H groups in total. The van der Waals surface area contributed by atoms with Crippen molar-refractivity contribution >= 4 is 39.8 Å². The summed E-state index contributed by atoms with van der Waals surface area (Å²) in [6.45, 7) is 9.15. The highest BCUT2D eigenvalue weighted by molar-refractivity contribution is 14.0. The Labute approximate surface area is 141 Å². The molecule has 0 radical (unpaired) electrons. The molecule has 0 amide bonds. The van der Waals surface area contributed by atoms with Gasteiger partial charge in [-0.2, -0.15) is 0 Å². The van der Waals surface area contributed by atoms with Crippen LogP contribution in [0.1, 0.15) is 40.5 Å². The van der Waals surface area contributed by atoms with Crippen LogP contribution < -0.4 is 10.6 Å². The number of rotatable bonds is 6. The molecule has 7 heteroatoms. The number of guanidine groups is 1. The molecule has 0 aliphatic rings. The first-order valence-electron chi connectivity index (χ1n) is 6.68. The smallest absolute Gasteiger partial charge is 0.191 e. The Morgan fingerprint density at radius 2 is 1.85 bits per heavy atom. The second-order valence-electron chi connectivity index (χ2n) is 6.27. The van der Waals surface area contributed by atoms with Gasteiger partial charge in [0.1, 0.15) is 9.84 Å². The molecule has 0 aromatic heterocycles. The summed E-state index contributed by atoms with van der Waals surface area (Å²) in [5.74, 6) is 0.773. The topological polar surface area (TPSA) is 70.6 Å². The maximum Gasteiger partial charge on any atom is 0.191 e. The second kappa shape index (κ2) is 9.81. The largest absolute Gasteiger partial charge is 0.355 e. The van der Waals surface area contributed by atoms with Gasteiger partial charge in [-0.3, -0.25) is 4.99 Å². The van der Waals surface area contributed by atoms with Crippen molar-refractivity contribution in [2.45, 2.75) is 46.6 Å². The summed E-state index contributed by atoms with van der Waals surface area (Å²) in [6.07, 6.45) is 3.41. The fraction of sp³-hybridized carbons (Fsp3) is 0.923. The van der Waals surface area contributed by atoms with Gasteiger partial charge in [0.2, 0.25) is 0 Å². The van der Waals surface area contributed by atoms with Crippen LogP contribution in [0.3, 0.4) is 0 Å². The first-order chi connectivity index (χ1) is 8.53. The normalized spacial score (nSPS) is 14.4. The molecule has 122 valence electrons. The molecule has 0 rings (SSSR count). The van der Waals surface area contributed by atoms with Gasteiger partial charge in [0, 0.05) is 25.9 Å². The lowest BCUT2D eigenvalue weighted by Gasteiger charge is -2.23. The number of nitrogens with zero attached hydrogens (tertiary/aromatic N) is 1. The standard InChI is InChI=1S/C13H29N3O2S.HI/c1-11(7-8-13(2,3)4)16-12(14-5)15-9-10-19(6,17)18;/h11H,7-10H2,1-6H3,(H2,14,15,16);1H. The fourth-order valence-electron chi connectivity index (χ4n) is 1.50.